The predicted molar refractivity (Wildman–Crippen MR) is 77.5 cm³/mol. The van der Waals surface area contributed by atoms with Crippen LogP contribution in [0, 0.1) is 0 Å². The summed E-state index contributed by atoms with van der Waals surface area (Å²) in [4.78, 5) is 22.3. The van der Waals surface area contributed by atoms with Gasteiger partial charge in [0.05, 0.1) is 5.57 Å². The molecule has 0 radical (unpaired) electrons. The van der Waals surface area contributed by atoms with Crippen LogP contribution in [0.25, 0.3) is 6.08 Å². The molecule has 0 atom stereocenters. The molecule has 20 heavy (non-hydrogen) atoms. The highest BCUT2D eigenvalue weighted by Gasteiger charge is 2.17. The summed E-state index contributed by atoms with van der Waals surface area (Å²) in [5.74, 6) is -0.338. The maximum absolute atomic E-state index is 11.9. The molecular weight excluding hydrogens is 326 g/mol. The van der Waals surface area contributed by atoms with E-state index in [4.69, 9.17) is 9.84 Å². The number of carbonyl (C=O) groups is 2. The first-order valence-electron chi connectivity index (χ1n) is 6.19. The topological polar surface area (TPSA) is 75.6 Å². The van der Waals surface area contributed by atoms with Crippen molar-refractivity contribution in [2.45, 2.75) is 12.8 Å². The Morgan fingerprint density at radius 3 is 2.95 bits per heavy atom. The molecule has 6 heteroatoms. The summed E-state index contributed by atoms with van der Waals surface area (Å²) in [7, 11) is 0. The Kier molecular flexibility index (Phi) is 4.79. The van der Waals surface area contributed by atoms with Crippen LogP contribution in [-0.2, 0) is 9.59 Å². The summed E-state index contributed by atoms with van der Waals surface area (Å²) >= 11 is 3.37. The van der Waals surface area contributed by atoms with Gasteiger partial charge in [0, 0.05) is 23.0 Å². The number of halogens is 1. The molecule has 0 aromatic heterocycles. The van der Waals surface area contributed by atoms with Crippen LogP contribution in [0.5, 0.6) is 5.75 Å². The number of carbonyl (C=O) groups excluding carboxylic acids is 1. The lowest BCUT2D eigenvalue weighted by Gasteiger charge is -2.17. The molecule has 1 heterocycles. The third kappa shape index (κ3) is 3.84. The molecule has 2 rings (SSSR count). The number of hydrogen-bond acceptors (Lipinski definition) is 3. The van der Waals surface area contributed by atoms with Crippen LogP contribution in [0.4, 0.5) is 0 Å². The first-order chi connectivity index (χ1) is 9.56. The molecule has 0 unspecified atom stereocenters. The van der Waals surface area contributed by atoms with E-state index in [0.717, 1.165) is 15.8 Å². The molecular formula is C14H14BrNO4. The number of rotatable bonds is 5. The second-order valence-electron chi connectivity index (χ2n) is 4.39. The molecule has 0 bridgehead atoms. The van der Waals surface area contributed by atoms with Gasteiger partial charge in [0.2, 0.25) is 0 Å². The standard InChI is InChI=1S/C14H14BrNO4/c15-11-3-4-12-9(7-11)6-10(8-20-12)14(19)16-5-1-2-13(17)18/h3-4,6-7H,1-2,5,8H2,(H,16,19)(H,17,18). The smallest absolute Gasteiger partial charge is 0.303 e. The van der Waals surface area contributed by atoms with E-state index in [9.17, 15) is 9.59 Å². The largest absolute Gasteiger partial charge is 0.488 e. The second-order valence-corrected chi connectivity index (χ2v) is 5.31. The fourth-order valence-electron chi connectivity index (χ4n) is 1.83. The molecule has 2 N–H and O–H groups in total. The summed E-state index contributed by atoms with van der Waals surface area (Å²) in [6.45, 7) is 0.563. The van der Waals surface area contributed by atoms with E-state index in [1.807, 2.05) is 18.2 Å². The highest BCUT2D eigenvalue weighted by molar-refractivity contribution is 9.10. The fourth-order valence-corrected chi connectivity index (χ4v) is 2.21. The lowest BCUT2D eigenvalue weighted by atomic mass is 10.1. The van der Waals surface area contributed by atoms with Crippen molar-refractivity contribution in [3.8, 4) is 5.75 Å². The molecule has 0 spiro atoms. The third-order valence-corrected chi connectivity index (χ3v) is 3.32. The molecule has 1 aliphatic rings. The van der Waals surface area contributed by atoms with Crippen LogP contribution in [0.2, 0.25) is 0 Å². The fraction of sp³-hybridized carbons (Fsp3) is 0.286. The van der Waals surface area contributed by atoms with Crippen molar-refractivity contribution in [3.05, 3.63) is 33.8 Å². The Labute approximate surface area is 124 Å². The Hall–Kier alpha value is -1.82. The molecule has 0 fully saturated rings. The average Bonchev–Trinajstić information content (AvgIpc) is 2.42. The number of nitrogens with one attached hydrogen (secondary N) is 1. The van der Waals surface area contributed by atoms with Gasteiger partial charge in [-0.25, -0.2) is 0 Å². The number of ether oxygens (including phenoxy) is 1. The van der Waals surface area contributed by atoms with E-state index in [1.54, 1.807) is 6.08 Å². The molecule has 1 aromatic rings. The lowest BCUT2D eigenvalue weighted by molar-refractivity contribution is -0.137. The lowest BCUT2D eigenvalue weighted by Crippen LogP contribution is -2.29. The first-order valence-corrected chi connectivity index (χ1v) is 6.98. The number of hydrogen-bond donors (Lipinski definition) is 2. The zero-order valence-electron chi connectivity index (χ0n) is 10.7. The Morgan fingerprint density at radius 2 is 2.20 bits per heavy atom. The molecule has 0 saturated carbocycles. The van der Waals surface area contributed by atoms with Gasteiger partial charge < -0.3 is 15.2 Å². The van der Waals surface area contributed by atoms with Gasteiger partial charge >= 0.3 is 5.97 Å². The zero-order valence-corrected chi connectivity index (χ0v) is 12.3. The minimum absolute atomic E-state index is 0.0472. The number of carboxylic acid groups (broad SMARTS) is 1. The summed E-state index contributed by atoms with van der Waals surface area (Å²) in [5, 5.41) is 11.2. The van der Waals surface area contributed by atoms with Crippen LogP contribution < -0.4 is 10.1 Å². The van der Waals surface area contributed by atoms with Gasteiger partial charge in [0.1, 0.15) is 12.4 Å². The number of aliphatic carboxylic acids is 1. The van der Waals surface area contributed by atoms with Crippen molar-refractivity contribution in [1.82, 2.24) is 5.32 Å². The van der Waals surface area contributed by atoms with Crippen LogP contribution in [0.15, 0.2) is 28.2 Å². The van der Waals surface area contributed by atoms with Crippen molar-refractivity contribution in [1.29, 1.82) is 0 Å². The zero-order chi connectivity index (χ0) is 14.5. The monoisotopic (exact) mass is 339 g/mol. The maximum atomic E-state index is 11.9. The molecule has 106 valence electrons. The number of amides is 1. The Balaban J connectivity index is 1.96. The SMILES string of the molecule is O=C(O)CCCNC(=O)C1=Cc2cc(Br)ccc2OC1. The van der Waals surface area contributed by atoms with Gasteiger partial charge in [-0.1, -0.05) is 15.9 Å². The van der Waals surface area contributed by atoms with Gasteiger partial charge in [0.25, 0.3) is 5.91 Å². The van der Waals surface area contributed by atoms with Crippen molar-refractivity contribution in [3.63, 3.8) is 0 Å². The summed E-state index contributed by atoms with van der Waals surface area (Å²) in [6.07, 6.45) is 2.25. The van der Waals surface area contributed by atoms with Crippen molar-refractivity contribution >= 4 is 33.9 Å². The van der Waals surface area contributed by atoms with Crippen LogP contribution in [-0.4, -0.2) is 30.1 Å². The summed E-state index contributed by atoms with van der Waals surface area (Å²) in [5.41, 5.74) is 1.38. The Morgan fingerprint density at radius 1 is 1.40 bits per heavy atom. The highest BCUT2D eigenvalue weighted by Crippen LogP contribution is 2.29. The minimum Gasteiger partial charge on any atom is -0.488 e. The summed E-state index contributed by atoms with van der Waals surface area (Å²) in [6, 6.07) is 5.60. The van der Waals surface area contributed by atoms with E-state index >= 15 is 0 Å². The molecule has 1 aromatic carbocycles. The van der Waals surface area contributed by atoms with E-state index in [1.165, 1.54) is 0 Å². The van der Waals surface area contributed by atoms with Gasteiger partial charge in [-0.3, -0.25) is 9.59 Å². The normalized spacial score (nSPS) is 12.9. The van der Waals surface area contributed by atoms with E-state index < -0.39 is 5.97 Å². The molecule has 0 saturated heterocycles. The van der Waals surface area contributed by atoms with Crippen molar-refractivity contribution in [2.75, 3.05) is 13.2 Å². The number of benzene rings is 1. The van der Waals surface area contributed by atoms with Crippen LogP contribution in [0.1, 0.15) is 18.4 Å². The molecule has 5 nitrogen and oxygen atoms in total. The van der Waals surface area contributed by atoms with Gasteiger partial charge in [0.15, 0.2) is 0 Å². The van der Waals surface area contributed by atoms with Gasteiger partial charge in [-0.05, 0) is 30.7 Å². The maximum Gasteiger partial charge on any atom is 0.303 e. The van der Waals surface area contributed by atoms with Crippen molar-refractivity contribution in [2.24, 2.45) is 0 Å². The second kappa shape index (κ2) is 6.56. The van der Waals surface area contributed by atoms with Gasteiger partial charge in [-0.15, -0.1) is 0 Å². The van der Waals surface area contributed by atoms with E-state index in [0.29, 0.717) is 18.5 Å². The number of carboxylic acids is 1. The highest BCUT2D eigenvalue weighted by atomic mass is 79.9. The van der Waals surface area contributed by atoms with Gasteiger partial charge in [-0.2, -0.15) is 0 Å². The molecule has 1 amide bonds. The quantitative estimate of drug-likeness (QED) is 0.806. The Bertz CT molecular complexity index is 568. The number of fused-ring (bicyclic) bond motifs is 1. The first kappa shape index (κ1) is 14.6. The predicted octanol–water partition coefficient (Wildman–Crippen LogP) is 2.21. The molecule has 1 aliphatic heterocycles. The van der Waals surface area contributed by atoms with Crippen LogP contribution >= 0.6 is 15.9 Å². The van der Waals surface area contributed by atoms with E-state index in [2.05, 4.69) is 21.2 Å². The molecule has 0 aliphatic carbocycles. The van der Waals surface area contributed by atoms with Crippen LogP contribution in [0.3, 0.4) is 0 Å². The van der Waals surface area contributed by atoms with Crippen molar-refractivity contribution < 1.29 is 19.4 Å². The summed E-state index contributed by atoms with van der Waals surface area (Å²) < 4.78 is 6.43. The van der Waals surface area contributed by atoms with E-state index in [-0.39, 0.29) is 18.9 Å². The minimum atomic E-state index is -0.863. The third-order valence-electron chi connectivity index (χ3n) is 2.83. The average molecular weight is 340 g/mol.